The molecule has 0 saturated carbocycles. The van der Waals surface area contributed by atoms with Gasteiger partial charge in [-0.3, -0.25) is 0 Å². The maximum absolute atomic E-state index is 12.2. The maximum Gasteiger partial charge on any atom is 0.410 e. The largest absolute Gasteiger partial charge is 0.444 e. The Hall–Kier alpha value is -0.810. The molecule has 5 heteroatoms. The maximum atomic E-state index is 12.2. The number of amides is 1. The van der Waals surface area contributed by atoms with E-state index in [9.17, 15) is 4.79 Å². The van der Waals surface area contributed by atoms with Crippen LogP contribution >= 0.6 is 0 Å². The Morgan fingerprint density at radius 3 is 2.52 bits per heavy atom. The summed E-state index contributed by atoms with van der Waals surface area (Å²) in [5.74, 6) is 0. The van der Waals surface area contributed by atoms with Crippen LogP contribution in [0, 0.1) is 0 Å². The van der Waals surface area contributed by atoms with E-state index in [0.29, 0.717) is 12.6 Å². The molecule has 1 rings (SSSR count). The molecule has 1 fully saturated rings. The molecule has 1 amide bonds. The standard InChI is InChI=1S/C16H32N2O3/c1-12(13(2)20-6)17-14-9-7-8-10-18(11-14)15(19)21-16(3,4)5/h12-14,17H,7-11H2,1-6H3. The van der Waals surface area contributed by atoms with Crippen LogP contribution < -0.4 is 5.32 Å². The SMILES string of the molecule is COC(C)C(C)NC1CCCCN(C(=O)OC(C)(C)C)C1. The number of rotatable bonds is 4. The van der Waals surface area contributed by atoms with Gasteiger partial charge in [-0.05, 0) is 47.5 Å². The summed E-state index contributed by atoms with van der Waals surface area (Å²) >= 11 is 0. The van der Waals surface area contributed by atoms with Crippen LogP contribution in [0.4, 0.5) is 4.79 Å². The Bertz CT molecular complexity index is 328. The van der Waals surface area contributed by atoms with Gasteiger partial charge in [0.15, 0.2) is 0 Å². The zero-order valence-electron chi connectivity index (χ0n) is 14.4. The van der Waals surface area contributed by atoms with Gasteiger partial charge in [-0.15, -0.1) is 0 Å². The summed E-state index contributed by atoms with van der Waals surface area (Å²) in [5, 5.41) is 3.58. The van der Waals surface area contributed by atoms with Crippen LogP contribution in [0.25, 0.3) is 0 Å². The van der Waals surface area contributed by atoms with Gasteiger partial charge in [0, 0.05) is 32.3 Å². The number of hydrogen-bond acceptors (Lipinski definition) is 4. The van der Waals surface area contributed by atoms with Crippen molar-refractivity contribution in [3.63, 3.8) is 0 Å². The van der Waals surface area contributed by atoms with Crippen LogP contribution in [0.1, 0.15) is 53.9 Å². The summed E-state index contributed by atoms with van der Waals surface area (Å²) in [6.45, 7) is 11.4. The number of hydrogen-bond donors (Lipinski definition) is 1. The zero-order valence-corrected chi connectivity index (χ0v) is 14.4. The molecule has 124 valence electrons. The molecule has 1 N–H and O–H groups in total. The molecular weight excluding hydrogens is 268 g/mol. The van der Waals surface area contributed by atoms with E-state index < -0.39 is 5.60 Å². The third-order valence-electron chi connectivity index (χ3n) is 3.90. The fourth-order valence-corrected chi connectivity index (χ4v) is 2.48. The summed E-state index contributed by atoms with van der Waals surface area (Å²) < 4.78 is 10.8. The monoisotopic (exact) mass is 300 g/mol. The molecule has 0 aromatic rings. The second-order valence-corrected chi connectivity index (χ2v) is 7.02. The van der Waals surface area contributed by atoms with E-state index in [1.54, 1.807) is 7.11 Å². The van der Waals surface area contributed by atoms with Crippen LogP contribution in [0.2, 0.25) is 0 Å². The van der Waals surface area contributed by atoms with Gasteiger partial charge in [-0.25, -0.2) is 4.79 Å². The summed E-state index contributed by atoms with van der Waals surface area (Å²) in [7, 11) is 1.73. The Kier molecular flexibility index (Phi) is 6.94. The van der Waals surface area contributed by atoms with Crippen LogP contribution in [-0.2, 0) is 9.47 Å². The molecule has 0 bridgehead atoms. The van der Waals surface area contributed by atoms with Crippen molar-refractivity contribution in [3.05, 3.63) is 0 Å². The first-order valence-corrected chi connectivity index (χ1v) is 7.99. The highest BCUT2D eigenvalue weighted by molar-refractivity contribution is 5.68. The van der Waals surface area contributed by atoms with E-state index in [2.05, 4.69) is 19.2 Å². The summed E-state index contributed by atoms with van der Waals surface area (Å²) in [4.78, 5) is 14.1. The number of nitrogens with zero attached hydrogens (tertiary/aromatic N) is 1. The molecule has 1 heterocycles. The number of carbonyl (C=O) groups excluding carboxylic acids is 1. The van der Waals surface area contributed by atoms with E-state index in [4.69, 9.17) is 9.47 Å². The Labute approximate surface area is 129 Å². The molecule has 0 aliphatic carbocycles. The lowest BCUT2D eigenvalue weighted by Gasteiger charge is -2.31. The lowest BCUT2D eigenvalue weighted by molar-refractivity contribution is 0.0234. The van der Waals surface area contributed by atoms with E-state index in [1.165, 1.54) is 0 Å². The molecule has 1 saturated heterocycles. The van der Waals surface area contributed by atoms with Crippen molar-refractivity contribution in [3.8, 4) is 0 Å². The first-order valence-electron chi connectivity index (χ1n) is 7.99. The zero-order chi connectivity index (χ0) is 16.0. The van der Waals surface area contributed by atoms with Crippen molar-refractivity contribution in [2.45, 2.75) is 77.7 Å². The highest BCUT2D eigenvalue weighted by atomic mass is 16.6. The van der Waals surface area contributed by atoms with E-state index in [-0.39, 0.29) is 18.2 Å². The normalized spacial score (nSPS) is 23.3. The van der Waals surface area contributed by atoms with Gasteiger partial charge in [-0.2, -0.15) is 0 Å². The van der Waals surface area contributed by atoms with Crippen LogP contribution in [-0.4, -0.2) is 55.0 Å². The minimum absolute atomic E-state index is 0.156. The van der Waals surface area contributed by atoms with Crippen molar-refractivity contribution in [2.75, 3.05) is 20.2 Å². The van der Waals surface area contributed by atoms with Crippen LogP contribution in [0.15, 0.2) is 0 Å². The van der Waals surface area contributed by atoms with E-state index in [1.807, 2.05) is 25.7 Å². The topological polar surface area (TPSA) is 50.8 Å². The molecule has 0 spiro atoms. The molecular formula is C16H32N2O3. The quantitative estimate of drug-likeness (QED) is 0.867. The van der Waals surface area contributed by atoms with E-state index >= 15 is 0 Å². The Morgan fingerprint density at radius 2 is 1.95 bits per heavy atom. The average molecular weight is 300 g/mol. The lowest BCUT2D eigenvalue weighted by atomic mass is 10.1. The molecule has 1 aliphatic heterocycles. The Balaban J connectivity index is 2.58. The van der Waals surface area contributed by atoms with Gasteiger partial charge in [0.1, 0.15) is 5.60 Å². The van der Waals surface area contributed by atoms with Crippen LogP contribution in [0.5, 0.6) is 0 Å². The predicted molar refractivity (Wildman–Crippen MR) is 84.5 cm³/mol. The first-order chi connectivity index (χ1) is 9.73. The summed E-state index contributed by atoms with van der Waals surface area (Å²) in [6, 6.07) is 0.561. The fraction of sp³-hybridized carbons (Fsp3) is 0.938. The first kappa shape index (κ1) is 18.2. The molecule has 21 heavy (non-hydrogen) atoms. The molecule has 0 radical (unpaired) electrons. The van der Waals surface area contributed by atoms with Gasteiger partial charge in [0.25, 0.3) is 0 Å². The smallest absolute Gasteiger partial charge is 0.410 e. The van der Waals surface area contributed by atoms with E-state index in [0.717, 1.165) is 25.8 Å². The molecule has 1 aliphatic rings. The van der Waals surface area contributed by atoms with Gasteiger partial charge in [-0.1, -0.05) is 6.42 Å². The van der Waals surface area contributed by atoms with Gasteiger partial charge >= 0.3 is 6.09 Å². The van der Waals surface area contributed by atoms with Crippen LogP contribution in [0.3, 0.4) is 0 Å². The van der Waals surface area contributed by atoms with Crippen molar-refractivity contribution in [1.29, 1.82) is 0 Å². The molecule has 3 unspecified atom stereocenters. The van der Waals surface area contributed by atoms with Crippen molar-refractivity contribution >= 4 is 6.09 Å². The van der Waals surface area contributed by atoms with Gasteiger partial charge < -0.3 is 19.7 Å². The third-order valence-corrected chi connectivity index (χ3v) is 3.90. The lowest BCUT2D eigenvalue weighted by Crippen LogP contribution is -2.49. The van der Waals surface area contributed by atoms with Crippen molar-refractivity contribution in [2.24, 2.45) is 0 Å². The molecule has 5 nitrogen and oxygen atoms in total. The van der Waals surface area contributed by atoms with Crippen molar-refractivity contribution < 1.29 is 14.3 Å². The summed E-state index contributed by atoms with van der Waals surface area (Å²) in [6.07, 6.45) is 3.20. The predicted octanol–water partition coefficient (Wildman–Crippen LogP) is 2.79. The van der Waals surface area contributed by atoms with Crippen molar-refractivity contribution in [1.82, 2.24) is 10.2 Å². The number of likely N-dealkylation sites (tertiary alicyclic amines) is 1. The number of carbonyl (C=O) groups is 1. The van der Waals surface area contributed by atoms with Gasteiger partial charge in [0.05, 0.1) is 6.10 Å². The average Bonchev–Trinajstić information content (AvgIpc) is 2.61. The molecule has 0 aromatic carbocycles. The minimum atomic E-state index is -0.440. The summed E-state index contributed by atoms with van der Waals surface area (Å²) in [5.41, 5.74) is -0.440. The number of nitrogens with one attached hydrogen (secondary N) is 1. The molecule has 3 atom stereocenters. The number of methoxy groups -OCH3 is 1. The molecule has 0 aromatic heterocycles. The minimum Gasteiger partial charge on any atom is -0.444 e. The number of ether oxygens (including phenoxy) is 2. The Morgan fingerprint density at radius 1 is 1.29 bits per heavy atom. The van der Waals surface area contributed by atoms with Gasteiger partial charge in [0.2, 0.25) is 0 Å². The fourth-order valence-electron chi connectivity index (χ4n) is 2.48. The second kappa shape index (κ2) is 7.99. The highest BCUT2D eigenvalue weighted by Gasteiger charge is 2.27. The second-order valence-electron chi connectivity index (χ2n) is 7.02. The third kappa shape index (κ3) is 6.66. The highest BCUT2D eigenvalue weighted by Crippen LogP contribution is 2.16.